The standard InChI is InChI=1S/C14H20O9/c1-6(2)13(21)23-14(22)7(3)4-8(16)10(18)12(20)11(19)9(17)5-15/h4,9-12,15,17-20H,1,5H2,2-3H3/t9-,10+,11-,12-/m1/s1. The predicted molar refractivity (Wildman–Crippen MR) is 75.8 cm³/mol. The predicted octanol–water partition coefficient (Wildman–Crippen LogP) is -2.42. The van der Waals surface area contributed by atoms with Crippen molar-refractivity contribution in [3.8, 4) is 0 Å². The van der Waals surface area contributed by atoms with E-state index in [1.54, 1.807) is 0 Å². The van der Waals surface area contributed by atoms with E-state index in [0.29, 0.717) is 6.08 Å². The van der Waals surface area contributed by atoms with Gasteiger partial charge in [-0.25, -0.2) is 9.59 Å². The zero-order chi connectivity index (χ0) is 18.3. The molecule has 9 heteroatoms. The van der Waals surface area contributed by atoms with Crippen LogP contribution in [0.1, 0.15) is 13.8 Å². The van der Waals surface area contributed by atoms with Gasteiger partial charge in [-0.3, -0.25) is 4.79 Å². The Balaban J connectivity index is 4.92. The quantitative estimate of drug-likeness (QED) is 0.185. The minimum atomic E-state index is -2.16. The van der Waals surface area contributed by atoms with Gasteiger partial charge in [0.25, 0.3) is 0 Å². The van der Waals surface area contributed by atoms with E-state index >= 15 is 0 Å². The van der Waals surface area contributed by atoms with E-state index in [1.807, 2.05) is 0 Å². The van der Waals surface area contributed by atoms with Crippen molar-refractivity contribution in [2.24, 2.45) is 0 Å². The van der Waals surface area contributed by atoms with Crippen LogP contribution in [-0.4, -0.2) is 74.3 Å². The molecule has 0 aliphatic rings. The number of ketones is 1. The van der Waals surface area contributed by atoms with E-state index in [9.17, 15) is 29.7 Å². The summed E-state index contributed by atoms with van der Waals surface area (Å²) in [5.41, 5.74) is -0.373. The molecule has 0 unspecified atom stereocenters. The topological polar surface area (TPSA) is 162 Å². The lowest BCUT2D eigenvalue weighted by atomic mass is 9.99. The summed E-state index contributed by atoms with van der Waals surface area (Å²) in [5.74, 6) is -3.31. The first-order chi connectivity index (χ1) is 10.5. The highest BCUT2D eigenvalue weighted by Gasteiger charge is 2.33. The summed E-state index contributed by atoms with van der Waals surface area (Å²) >= 11 is 0. The molecular formula is C14H20O9. The first kappa shape index (κ1) is 21.1. The van der Waals surface area contributed by atoms with Crippen LogP contribution in [0.15, 0.2) is 23.8 Å². The zero-order valence-corrected chi connectivity index (χ0v) is 12.7. The summed E-state index contributed by atoms with van der Waals surface area (Å²) in [5, 5.41) is 46.2. The van der Waals surface area contributed by atoms with Crippen molar-refractivity contribution in [2.75, 3.05) is 6.61 Å². The molecule has 23 heavy (non-hydrogen) atoms. The molecule has 0 amide bonds. The Morgan fingerprint density at radius 2 is 1.57 bits per heavy atom. The molecule has 9 nitrogen and oxygen atoms in total. The normalized spacial score (nSPS) is 16.9. The minimum Gasteiger partial charge on any atom is -0.394 e. The highest BCUT2D eigenvalue weighted by atomic mass is 16.6. The van der Waals surface area contributed by atoms with Crippen molar-refractivity contribution >= 4 is 17.7 Å². The molecule has 0 radical (unpaired) electrons. The first-order valence-corrected chi connectivity index (χ1v) is 6.50. The smallest absolute Gasteiger partial charge is 0.341 e. The third-order valence-corrected chi connectivity index (χ3v) is 2.76. The van der Waals surface area contributed by atoms with Crippen molar-refractivity contribution in [2.45, 2.75) is 38.3 Å². The van der Waals surface area contributed by atoms with E-state index < -0.39 is 48.7 Å². The molecule has 0 aromatic rings. The molecule has 0 aromatic heterocycles. The van der Waals surface area contributed by atoms with E-state index in [-0.39, 0.29) is 11.1 Å². The van der Waals surface area contributed by atoms with Gasteiger partial charge in [0.05, 0.1) is 6.61 Å². The molecule has 130 valence electrons. The van der Waals surface area contributed by atoms with Crippen molar-refractivity contribution in [1.82, 2.24) is 0 Å². The van der Waals surface area contributed by atoms with Gasteiger partial charge in [0.2, 0.25) is 0 Å². The maximum Gasteiger partial charge on any atom is 0.341 e. The fourth-order valence-corrected chi connectivity index (χ4v) is 1.30. The van der Waals surface area contributed by atoms with E-state index in [4.69, 9.17) is 10.2 Å². The summed E-state index contributed by atoms with van der Waals surface area (Å²) in [7, 11) is 0. The van der Waals surface area contributed by atoms with Gasteiger partial charge < -0.3 is 30.3 Å². The Bertz CT molecular complexity index is 508. The van der Waals surface area contributed by atoms with Crippen molar-refractivity contribution in [3.63, 3.8) is 0 Å². The number of esters is 2. The Labute approximate surface area is 132 Å². The molecule has 0 aliphatic heterocycles. The van der Waals surface area contributed by atoms with Crippen molar-refractivity contribution in [1.29, 1.82) is 0 Å². The summed E-state index contributed by atoms with van der Waals surface area (Å²) in [6.07, 6.45) is -7.40. The van der Waals surface area contributed by atoms with Crippen LogP contribution in [0.4, 0.5) is 0 Å². The van der Waals surface area contributed by atoms with Gasteiger partial charge in [-0.15, -0.1) is 0 Å². The minimum absolute atomic E-state index is 0.0333. The summed E-state index contributed by atoms with van der Waals surface area (Å²) in [6.45, 7) is 4.81. The molecule has 5 N–H and O–H groups in total. The summed E-state index contributed by atoms with van der Waals surface area (Å²) < 4.78 is 4.35. The molecule has 0 fully saturated rings. The third-order valence-electron chi connectivity index (χ3n) is 2.76. The second-order valence-electron chi connectivity index (χ2n) is 4.86. The van der Waals surface area contributed by atoms with Gasteiger partial charge in [0, 0.05) is 11.1 Å². The first-order valence-electron chi connectivity index (χ1n) is 6.50. The van der Waals surface area contributed by atoms with Crippen LogP contribution < -0.4 is 0 Å². The second-order valence-corrected chi connectivity index (χ2v) is 4.86. The van der Waals surface area contributed by atoms with E-state index in [0.717, 1.165) is 6.92 Å². The van der Waals surface area contributed by atoms with Crippen molar-refractivity contribution < 1.29 is 44.7 Å². The van der Waals surface area contributed by atoms with E-state index in [2.05, 4.69) is 11.3 Å². The number of aliphatic hydroxyl groups excluding tert-OH is 5. The Morgan fingerprint density at radius 3 is 2.00 bits per heavy atom. The molecule has 0 heterocycles. The molecule has 0 spiro atoms. The Morgan fingerprint density at radius 1 is 1.04 bits per heavy atom. The second kappa shape index (κ2) is 9.28. The van der Waals surface area contributed by atoms with Crippen LogP contribution in [0.2, 0.25) is 0 Å². The van der Waals surface area contributed by atoms with Crippen LogP contribution in [-0.2, 0) is 19.1 Å². The van der Waals surface area contributed by atoms with Gasteiger partial charge in [-0.1, -0.05) is 6.58 Å². The molecular weight excluding hydrogens is 312 g/mol. The SMILES string of the molecule is C=C(C)C(=O)OC(=O)C(C)=CC(=O)[C@H](O)[C@@H](O)[C@H](O)[C@H](O)CO. The highest BCUT2D eigenvalue weighted by molar-refractivity contribution is 6.05. The lowest BCUT2D eigenvalue weighted by Crippen LogP contribution is -2.48. The van der Waals surface area contributed by atoms with Crippen molar-refractivity contribution in [3.05, 3.63) is 23.8 Å². The lowest BCUT2D eigenvalue weighted by molar-refractivity contribution is -0.154. The molecule has 4 atom stereocenters. The van der Waals surface area contributed by atoms with Gasteiger partial charge in [0.1, 0.15) is 24.4 Å². The largest absolute Gasteiger partial charge is 0.394 e. The van der Waals surface area contributed by atoms with Crippen LogP contribution in [0.3, 0.4) is 0 Å². The van der Waals surface area contributed by atoms with Crippen LogP contribution in [0.25, 0.3) is 0 Å². The average molecular weight is 332 g/mol. The Kier molecular flexibility index (Phi) is 8.51. The number of hydrogen-bond donors (Lipinski definition) is 5. The zero-order valence-electron chi connectivity index (χ0n) is 12.7. The number of ether oxygens (including phenoxy) is 1. The maximum atomic E-state index is 11.7. The van der Waals surface area contributed by atoms with Gasteiger partial charge in [-0.05, 0) is 19.9 Å². The van der Waals surface area contributed by atoms with E-state index in [1.165, 1.54) is 6.92 Å². The van der Waals surface area contributed by atoms with Crippen LogP contribution in [0.5, 0.6) is 0 Å². The number of carbonyl (C=O) groups excluding carboxylic acids is 3. The summed E-state index contributed by atoms with van der Waals surface area (Å²) in [4.78, 5) is 34.3. The molecule has 0 aliphatic carbocycles. The molecule has 0 saturated heterocycles. The molecule has 0 rings (SSSR count). The fourth-order valence-electron chi connectivity index (χ4n) is 1.30. The number of carbonyl (C=O) groups is 3. The molecule has 0 saturated carbocycles. The molecule has 0 bridgehead atoms. The third kappa shape index (κ3) is 6.38. The maximum absolute atomic E-state index is 11.7. The monoisotopic (exact) mass is 332 g/mol. The lowest BCUT2D eigenvalue weighted by Gasteiger charge is -2.24. The van der Waals surface area contributed by atoms with Crippen LogP contribution in [0, 0.1) is 0 Å². The molecule has 0 aromatic carbocycles. The highest BCUT2D eigenvalue weighted by Crippen LogP contribution is 2.09. The van der Waals surface area contributed by atoms with Gasteiger partial charge in [0.15, 0.2) is 5.78 Å². The number of aliphatic hydroxyl groups is 5. The van der Waals surface area contributed by atoms with Crippen LogP contribution >= 0.6 is 0 Å². The summed E-state index contributed by atoms with van der Waals surface area (Å²) in [6, 6.07) is 0. The van der Waals surface area contributed by atoms with Gasteiger partial charge in [-0.2, -0.15) is 0 Å². The number of hydrogen-bond acceptors (Lipinski definition) is 9. The number of rotatable bonds is 8. The van der Waals surface area contributed by atoms with Gasteiger partial charge >= 0.3 is 11.9 Å². The fraction of sp³-hybridized carbons (Fsp3) is 0.500. The average Bonchev–Trinajstić information content (AvgIpc) is 2.51. The Hall–Kier alpha value is -1.91.